The lowest BCUT2D eigenvalue weighted by Gasteiger charge is -2.31. The molecule has 2 nitrogen and oxygen atoms in total. The van der Waals surface area contributed by atoms with Crippen molar-refractivity contribution in [2.24, 2.45) is 17.3 Å². The summed E-state index contributed by atoms with van der Waals surface area (Å²) in [6, 6.07) is 3.53. The number of hydrogen-bond acceptors (Lipinski definition) is 2. The van der Waals surface area contributed by atoms with E-state index in [9.17, 15) is 17.6 Å². The lowest BCUT2D eigenvalue weighted by molar-refractivity contribution is -0.138. The molecule has 0 aliphatic heterocycles. The van der Waals surface area contributed by atoms with Gasteiger partial charge in [-0.3, -0.25) is 4.39 Å². The van der Waals surface area contributed by atoms with Crippen LogP contribution in [0.2, 0.25) is 0 Å². The minimum atomic E-state index is -4.37. The zero-order valence-electron chi connectivity index (χ0n) is 11.2. The molecule has 0 N–H and O–H groups in total. The Balaban J connectivity index is 2.67. The maximum atomic E-state index is 12.7. The van der Waals surface area contributed by atoms with Crippen LogP contribution in [0, 0.1) is 39.9 Å². The molecular formula is C14H18F4N2. The Morgan fingerprint density at radius 1 is 1.00 bits per heavy atom. The lowest BCUT2D eigenvalue weighted by Crippen LogP contribution is -2.27. The average Bonchev–Trinajstić information content (AvgIpc) is 2.43. The van der Waals surface area contributed by atoms with Crippen molar-refractivity contribution in [1.82, 2.24) is 0 Å². The molecule has 0 aromatic carbocycles. The van der Waals surface area contributed by atoms with Crippen molar-refractivity contribution in [1.29, 1.82) is 10.5 Å². The highest BCUT2D eigenvalue weighted by atomic mass is 19.4. The van der Waals surface area contributed by atoms with Gasteiger partial charge in [-0.05, 0) is 37.5 Å². The van der Waals surface area contributed by atoms with Crippen LogP contribution in [0.1, 0.15) is 44.9 Å². The Kier molecular flexibility index (Phi) is 5.80. The Bertz CT molecular complexity index is 377. The summed E-state index contributed by atoms with van der Waals surface area (Å²) in [4.78, 5) is 0. The Labute approximate surface area is 116 Å². The van der Waals surface area contributed by atoms with Gasteiger partial charge in [0.1, 0.15) is 5.41 Å². The van der Waals surface area contributed by atoms with E-state index < -0.39 is 31.1 Å². The molecule has 0 saturated heterocycles. The van der Waals surface area contributed by atoms with E-state index in [1.807, 2.05) is 0 Å². The van der Waals surface area contributed by atoms with Crippen LogP contribution in [0.4, 0.5) is 17.6 Å². The summed E-state index contributed by atoms with van der Waals surface area (Å²) in [5.41, 5.74) is -1.60. The third-order valence-corrected chi connectivity index (χ3v) is 4.01. The highest BCUT2D eigenvalue weighted by Gasteiger charge is 2.39. The maximum Gasteiger partial charge on any atom is 0.389 e. The largest absolute Gasteiger partial charge is 0.389 e. The fraction of sp³-hybridized carbons (Fsp3) is 0.857. The molecule has 6 heteroatoms. The van der Waals surface area contributed by atoms with E-state index >= 15 is 0 Å². The van der Waals surface area contributed by atoms with Gasteiger partial charge >= 0.3 is 6.18 Å². The first-order valence-electron chi connectivity index (χ1n) is 6.79. The van der Waals surface area contributed by atoms with E-state index in [0.29, 0.717) is 6.42 Å². The molecule has 1 saturated carbocycles. The van der Waals surface area contributed by atoms with Crippen LogP contribution < -0.4 is 0 Å². The normalized spacial score (nSPS) is 23.9. The van der Waals surface area contributed by atoms with Crippen molar-refractivity contribution in [2.45, 2.75) is 51.1 Å². The van der Waals surface area contributed by atoms with Gasteiger partial charge < -0.3 is 0 Å². The van der Waals surface area contributed by atoms with E-state index in [4.69, 9.17) is 10.5 Å². The monoisotopic (exact) mass is 290 g/mol. The number of alkyl halides is 4. The van der Waals surface area contributed by atoms with Gasteiger partial charge in [-0.25, -0.2) is 0 Å². The van der Waals surface area contributed by atoms with Gasteiger partial charge in [-0.15, -0.1) is 0 Å². The van der Waals surface area contributed by atoms with Crippen molar-refractivity contribution < 1.29 is 17.6 Å². The molecule has 0 heterocycles. The average molecular weight is 290 g/mol. The number of rotatable bonds is 5. The summed E-state index contributed by atoms with van der Waals surface area (Å²) in [5.74, 6) is -0.108. The summed E-state index contributed by atoms with van der Waals surface area (Å²) in [6.45, 7) is -0.439. The Morgan fingerprint density at radius 2 is 1.60 bits per heavy atom. The van der Waals surface area contributed by atoms with Gasteiger partial charge in [0.25, 0.3) is 0 Å². The van der Waals surface area contributed by atoms with Crippen LogP contribution >= 0.6 is 0 Å². The van der Waals surface area contributed by atoms with Crippen LogP contribution in [0.5, 0.6) is 0 Å². The van der Waals surface area contributed by atoms with Gasteiger partial charge in [0, 0.05) is 6.42 Å². The highest BCUT2D eigenvalue weighted by Crippen LogP contribution is 2.40. The second kappa shape index (κ2) is 6.92. The van der Waals surface area contributed by atoms with E-state index in [0.717, 1.165) is 19.3 Å². The molecule has 0 aromatic rings. The quantitative estimate of drug-likeness (QED) is 0.698. The second-order valence-electron chi connectivity index (χ2n) is 5.68. The van der Waals surface area contributed by atoms with Crippen LogP contribution in [-0.2, 0) is 0 Å². The summed E-state index contributed by atoms with van der Waals surface area (Å²) in [5, 5.41) is 18.2. The fourth-order valence-electron chi connectivity index (χ4n) is 2.91. The van der Waals surface area contributed by atoms with Crippen molar-refractivity contribution in [3.63, 3.8) is 0 Å². The molecule has 1 rings (SSSR count). The summed E-state index contributed by atoms with van der Waals surface area (Å²) >= 11 is 0. The second-order valence-corrected chi connectivity index (χ2v) is 5.68. The first-order valence-corrected chi connectivity index (χ1v) is 6.79. The number of hydrogen-bond donors (Lipinski definition) is 0. The molecule has 20 heavy (non-hydrogen) atoms. The van der Waals surface area contributed by atoms with Gasteiger partial charge in [-0.2, -0.15) is 23.7 Å². The first-order chi connectivity index (χ1) is 9.34. The molecule has 2 atom stereocenters. The Hall–Kier alpha value is -1.30. The van der Waals surface area contributed by atoms with Crippen LogP contribution in [0.3, 0.4) is 0 Å². The molecule has 1 aliphatic carbocycles. The number of nitrogens with zero attached hydrogens (tertiary/aromatic N) is 2. The lowest BCUT2D eigenvalue weighted by atomic mass is 9.71. The molecule has 0 spiro atoms. The molecule has 0 radical (unpaired) electrons. The summed E-state index contributed by atoms with van der Waals surface area (Å²) in [6.07, 6.45) is -2.97. The standard InChI is InChI=1S/C14H18F4N2/c15-8-12-3-1-2-11(6-12)7-13(9-19,10-20)4-5-14(16,17)18/h11-12H,1-8H2/t11-,12+/m0/s1. The van der Waals surface area contributed by atoms with Gasteiger partial charge in [0.05, 0.1) is 18.8 Å². The van der Waals surface area contributed by atoms with Crippen LogP contribution in [0.25, 0.3) is 0 Å². The van der Waals surface area contributed by atoms with Gasteiger partial charge in [0.2, 0.25) is 0 Å². The third kappa shape index (κ3) is 5.00. The maximum absolute atomic E-state index is 12.7. The first kappa shape index (κ1) is 16.8. The minimum Gasteiger partial charge on any atom is -0.251 e. The molecule has 112 valence electrons. The van der Waals surface area contributed by atoms with Crippen molar-refractivity contribution in [3.05, 3.63) is 0 Å². The molecule has 0 amide bonds. The van der Waals surface area contributed by atoms with Gasteiger partial charge in [-0.1, -0.05) is 12.8 Å². The zero-order valence-corrected chi connectivity index (χ0v) is 11.2. The smallest absolute Gasteiger partial charge is 0.251 e. The SMILES string of the molecule is N#CC(C#N)(CCC(F)(F)F)C[C@H]1CCC[C@@H](CF)C1. The van der Waals surface area contributed by atoms with Crippen molar-refractivity contribution >= 4 is 0 Å². The molecule has 1 fully saturated rings. The number of halogens is 4. The number of nitriles is 2. The van der Waals surface area contributed by atoms with Crippen molar-refractivity contribution in [3.8, 4) is 12.1 Å². The molecule has 0 bridgehead atoms. The topological polar surface area (TPSA) is 47.6 Å². The van der Waals surface area contributed by atoms with Crippen molar-refractivity contribution in [2.75, 3.05) is 6.67 Å². The van der Waals surface area contributed by atoms with E-state index in [1.54, 1.807) is 12.1 Å². The van der Waals surface area contributed by atoms with Gasteiger partial charge in [0.15, 0.2) is 0 Å². The predicted molar refractivity (Wildman–Crippen MR) is 65.0 cm³/mol. The molecule has 1 aliphatic rings. The Morgan fingerprint density at radius 3 is 2.10 bits per heavy atom. The van der Waals surface area contributed by atoms with E-state index in [-0.39, 0.29) is 18.3 Å². The third-order valence-electron chi connectivity index (χ3n) is 4.01. The highest BCUT2D eigenvalue weighted by molar-refractivity contribution is 5.14. The minimum absolute atomic E-state index is 0.0305. The summed E-state index contributed by atoms with van der Waals surface area (Å²) < 4.78 is 49.5. The van der Waals surface area contributed by atoms with Crippen LogP contribution in [0.15, 0.2) is 0 Å². The predicted octanol–water partition coefficient (Wildman–Crippen LogP) is 4.53. The fourth-order valence-corrected chi connectivity index (χ4v) is 2.91. The van der Waals surface area contributed by atoms with E-state index in [1.165, 1.54) is 0 Å². The van der Waals surface area contributed by atoms with Crippen LogP contribution in [-0.4, -0.2) is 12.9 Å². The van der Waals surface area contributed by atoms with E-state index in [2.05, 4.69) is 0 Å². The molecule has 0 unspecified atom stereocenters. The molecular weight excluding hydrogens is 272 g/mol. The zero-order chi connectivity index (χ0) is 15.2. The summed E-state index contributed by atoms with van der Waals surface area (Å²) in [7, 11) is 0. The molecule has 0 aromatic heterocycles.